The Morgan fingerprint density at radius 3 is 2.11 bits per heavy atom. The molecule has 3 aromatic carbocycles. The molecule has 4 rings (SSSR count). The molecule has 3 aromatic rings. The highest BCUT2D eigenvalue weighted by Crippen LogP contribution is 2.30. The van der Waals surface area contributed by atoms with Crippen LogP contribution < -0.4 is 0 Å². The predicted molar refractivity (Wildman–Crippen MR) is 107 cm³/mol. The Kier molecular flexibility index (Phi) is 4.56. The molecule has 5 heteroatoms. The van der Waals surface area contributed by atoms with Crippen molar-refractivity contribution in [2.45, 2.75) is 0 Å². The fourth-order valence-electron chi connectivity index (χ4n) is 3.03. The van der Waals surface area contributed by atoms with Gasteiger partial charge in [0.25, 0.3) is 5.69 Å². The van der Waals surface area contributed by atoms with Crippen molar-refractivity contribution in [1.29, 1.82) is 0 Å². The summed E-state index contributed by atoms with van der Waals surface area (Å²) < 4.78 is 5.36. The van der Waals surface area contributed by atoms with Crippen LogP contribution in [0.4, 0.5) is 5.69 Å². The van der Waals surface area contributed by atoms with Crippen molar-refractivity contribution >= 4 is 23.5 Å². The number of nitrogens with zero attached hydrogens (tertiary/aromatic N) is 1. The molecular formula is C23H15NO4. The van der Waals surface area contributed by atoms with Gasteiger partial charge in [-0.15, -0.1) is 0 Å². The number of nitro groups is 1. The summed E-state index contributed by atoms with van der Waals surface area (Å²) in [6.45, 7) is 0. The normalized spacial score (nSPS) is 14.6. The average molecular weight is 369 g/mol. The molecule has 0 spiro atoms. The first-order valence-electron chi connectivity index (χ1n) is 8.67. The second kappa shape index (κ2) is 7.32. The number of ether oxygens (including phenoxy) is 1. The van der Waals surface area contributed by atoms with Crippen LogP contribution in [-0.4, -0.2) is 10.9 Å². The smallest absolute Gasteiger partial charge is 0.343 e. The van der Waals surface area contributed by atoms with E-state index in [0.29, 0.717) is 11.3 Å². The number of hydrogen-bond acceptors (Lipinski definition) is 4. The number of para-hydroxylation sites is 1. The molecule has 0 atom stereocenters. The third-order valence-electron chi connectivity index (χ3n) is 4.45. The van der Waals surface area contributed by atoms with Gasteiger partial charge in [0, 0.05) is 11.6 Å². The second-order valence-corrected chi connectivity index (χ2v) is 6.26. The summed E-state index contributed by atoms with van der Waals surface area (Å²) in [5, 5.41) is 11.2. The van der Waals surface area contributed by atoms with Gasteiger partial charge in [-0.25, -0.2) is 4.79 Å². The van der Waals surface area contributed by atoms with E-state index in [4.69, 9.17) is 4.74 Å². The topological polar surface area (TPSA) is 69.4 Å². The van der Waals surface area contributed by atoms with E-state index in [1.165, 1.54) is 12.1 Å². The number of benzene rings is 3. The zero-order valence-corrected chi connectivity index (χ0v) is 14.7. The highest BCUT2D eigenvalue weighted by Gasteiger charge is 2.23. The van der Waals surface area contributed by atoms with E-state index in [0.717, 1.165) is 16.7 Å². The molecule has 0 radical (unpaired) electrons. The van der Waals surface area contributed by atoms with Crippen molar-refractivity contribution in [1.82, 2.24) is 0 Å². The maximum atomic E-state index is 12.2. The molecule has 0 aliphatic carbocycles. The molecule has 28 heavy (non-hydrogen) atoms. The van der Waals surface area contributed by atoms with Gasteiger partial charge in [-0.05, 0) is 29.3 Å². The Morgan fingerprint density at radius 2 is 1.39 bits per heavy atom. The van der Waals surface area contributed by atoms with Crippen LogP contribution in [0.5, 0.6) is 0 Å². The van der Waals surface area contributed by atoms with Gasteiger partial charge in [-0.2, -0.15) is 0 Å². The van der Waals surface area contributed by atoms with Gasteiger partial charge in [0.05, 0.1) is 16.1 Å². The summed E-state index contributed by atoms with van der Waals surface area (Å²) >= 11 is 0. The van der Waals surface area contributed by atoms with Crippen molar-refractivity contribution in [2.75, 3.05) is 0 Å². The highest BCUT2D eigenvalue weighted by atomic mass is 16.6. The van der Waals surface area contributed by atoms with Crippen molar-refractivity contribution in [2.24, 2.45) is 0 Å². The van der Waals surface area contributed by atoms with Crippen LogP contribution in [0, 0.1) is 10.1 Å². The van der Waals surface area contributed by atoms with Gasteiger partial charge < -0.3 is 4.74 Å². The summed E-state index contributed by atoms with van der Waals surface area (Å²) in [5.74, 6) is -0.102. The Bertz CT molecular complexity index is 1110. The lowest BCUT2D eigenvalue weighted by Crippen LogP contribution is -1.98. The zero-order valence-electron chi connectivity index (χ0n) is 14.7. The van der Waals surface area contributed by atoms with Crippen LogP contribution in [0.2, 0.25) is 0 Å². The number of carbonyl (C=O) groups excluding carboxylic acids is 1. The van der Waals surface area contributed by atoms with Crippen LogP contribution in [0.15, 0.2) is 90.5 Å². The fourth-order valence-corrected chi connectivity index (χ4v) is 3.03. The molecule has 5 nitrogen and oxygen atoms in total. The number of cyclic esters (lactones) is 1. The quantitative estimate of drug-likeness (QED) is 0.273. The summed E-state index contributed by atoms with van der Waals surface area (Å²) in [4.78, 5) is 22.9. The van der Waals surface area contributed by atoms with Crippen molar-refractivity contribution in [3.05, 3.63) is 112 Å². The Labute approximate surface area is 161 Å². The van der Waals surface area contributed by atoms with Gasteiger partial charge >= 0.3 is 5.97 Å². The summed E-state index contributed by atoms with van der Waals surface area (Å²) in [6.07, 6.45) is 3.09. The monoisotopic (exact) mass is 369 g/mol. The SMILES string of the molecule is O=C1OC(c2ccc(-c3ccccc3)cc2)=CC1=Cc1ccccc1[N+](=O)[O-]. The van der Waals surface area contributed by atoms with Crippen molar-refractivity contribution in [3.8, 4) is 11.1 Å². The van der Waals surface area contributed by atoms with E-state index in [-0.39, 0.29) is 11.3 Å². The van der Waals surface area contributed by atoms with Gasteiger partial charge in [-0.1, -0.05) is 66.7 Å². The molecular weight excluding hydrogens is 354 g/mol. The number of carbonyl (C=O) groups is 1. The molecule has 1 aliphatic rings. The predicted octanol–water partition coefficient (Wildman–Crippen LogP) is 5.24. The first-order chi connectivity index (χ1) is 13.6. The lowest BCUT2D eigenvalue weighted by atomic mass is 10.0. The molecule has 0 unspecified atom stereocenters. The molecule has 0 bridgehead atoms. The van der Waals surface area contributed by atoms with Crippen LogP contribution in [0.3, 0.4) is 0 Å². The van der Waals surface area contributed by atoms with E-state index in [2.05, 4.69) is 0 Å². The lowest BCUT2D eigenvalue weighted by Gasteiger charge is -2.05. The van der Waals surface area contributed by atoms with E-state index in [1.807, 2.05) is 54.6 Å². The minimum Gasteiger partial charge on any atom is -0.422 e. The van der Waals surface area contributed by atoms with Gasteiger partial charge in [0.1, 0.15) is 5.76 Å². The molecule has 1 aliphatic heterocycles. The van der Waals surface area contributed by atoms with E-state index < -0.39 is 10.9 Å². The van der Waals surface area contributed by atoms with Crippen molar-refractivity contribution in [3.63, 3.8) is 0 Å². The van der Waals surface area contributed by atoms with Crippen LogP contribution in [0.1, 0.15) is 11.1 Å². The maximum absolute atomic E-state index is 12.2. The zero-order chi connectivity index (χ0) is 19.5. The van der Waals surface area contributed by atoms with Crippen LogP contribution in [0.25, 0.3) is 23.0 Å². The first kappa shape index (κ1) is 17.4. The molecule has 0 saturated heterocycles. The number of esters is 1. The molecule has 136 valence electrons. The third-order valence-corrected chi connectivity index (χ3v) is 4.45. The van der Waals surface area contributed by atoms with E-state index >= 15 is 0 Å². The number of rotatable bonds is 4. The maximum Gasteiger partial charge on any atom is 0.343 e. The molecule has 0 amide bonds. The number of hydrogen-bond donors (Lipinski definition) is 0. The third kappa shape index (κ3) is 3.46. The van der Waals surface area contributed by atoms with E-state index in [9.17, 15) is 14.9 Å². The summed E-state index contributed by atoms with van der Waals surface area (Å²) in [5.41, 5.74) is 3.50. The van der Waals surface area contributed by atoms with Crippen LogP contribution in [-0.2, 0) is 9.53 Å². The van der Waals surface area contributed by atoms with Gasteiger partial charge in [0.15, 0.2) is 0 Å². The van der Waals surface area contributed by atoms with Gasteiger partial charge in [0.2, 0.25) is 0 Å². The number of nitro benzene ring substituents is 1. The lowest BCUT2D eigenvalue weighted by molar-refractivity contribution is -0.385. The first-order valence-corrected chi connectivity index (χ1v) is 8.67. The second-order valence-electron chi connectivity index (χ2n) is 6.26. The average Bonchev–Trinajstić information content (AvgIpc) is 3.09. The van der Waals surface area contributed by atoms with Gasteiger partial charge in [-0.3, -0.25) is 10.1 Å². The Hall–Kier alpha value is -3.99. The summed E-state index contributed by atoms with van der Waals surface area (Å²) in [6, 6.07) is 23.9. The molecule has 0 aromatic heterocycles. The molecule has 0 N–H and O–H groups in total. The Morgan fingerprint density at radius 1 is 0.786 bits per heavy atom. The minimum atomic E-state index is -0.528. The fraction of sp³-hybridized carbons (Fsp3) is 0. The molecule has 0 fully saturated rings. The van der Waals surface area contributed by atoms with Crippen molar-refractivity contribution < 1.29 is 14.5 Å². The summed E-state index contributed by atoms with van der Waals surface area (Å²) in [7, 11) is 0. The van der Waals surface area contributed by atoms with E-state index in [1.54, 1.807) is 24.3 Å². The molecule has 0 saturated carbocycles. The standard InChI is InChI=1S/C23H15NO4/c25-23-20(14-19-8-4-5-9-21(19)24(26)27)15-22(28-23)18-12-10-17(11-13-18)16-6-2-1-3-7-16/h1-15H. The minimum absolute atomic E-state index is 0.0585. The Balaban J connectivity index is 1.64. The highest BCUT2D eigenvalue weighted by molar-refractivity contribution is 6.05. The molecule has 1 heterocycles. The van der Waals surface area contributed by atoms with Crippen LogP contribution >= 0.6 is 0 Å². The largest absolute Gasteiger partial charge is 0.422 e.